The summed E-state index contributed by atoms with van der Waals surface area (Å²) in [5, 5.41) is 6.16. The number of amides is 3. The molecule has 0 saturated heterocycles. The van der Waals surface area contributed by atoms with Gasteiger partial charge in [-0.15, -0.1) is 0 Å². The summed E-state index contributed by atoms with van der Waals surface area (Å²) in [6.07, 6.45) is 12.9. The van der Waals surface area contributed by atoms with Gasteiger partial charge in [0.2, 0.25) is 0 Å². The summed E-state index contributed by atoms with van der Waals surface area (Å²) in [5.41, 5.74) is 2.32. The van der Waals surface area contributed by atoms with E-state index in [2.05, 4.69) is 38.3 Å². The zero-order valence-electron chi connectivity index (χ0n) is 24.3. The monoisotopic (exact) mass is 512 g/mol. The number of rotatable bonds is 15. The van der Waals surface area contributed by atoms with Crippen LogP contribution >= 0.6 is 0 Å². The number of hydrogen-bond donors (Lipinski definition) is 2. The molecular weight excluding hydrogens is 462 g/mol. The third-order valence-corrected chi connectivity index (χ3v) is 7.45. The number of nitrogens with zero attached hydrogens (tertiary/aromatic N) is 3. The van der Waals surface area contributed by atoms with Crippen LogP contribution in [0.15, 0.2) is 30.6 Å². The number of urea groups is 1. The maximum atomic E-state index is 13.6. The minimum Gasteiger partial charge on any atom is -0.324 e. The molecule has 0 spiro atoms. The van der Waals surface area contributed by atoms with E-state index in [9.17, 15) is 9.59 Å². The molecule has 0 aliphatic heterocycles. The number of aryl methyl sites for hydroxylation is 3. The quantitative estimate of drug-likeness (QED) is 0.261. The summed E-state index contributed by atoms with van der Waals surface area (Å²) in [6, 6.07) is 5.65. The highest BCUT2D eigenvalue weighted by Crippen LogP contribution is 2.23. The van der Waals surface area contributed by atoms with Crippen molar-refractivity contribution in [1.82, 2.24) is 9.47 Å². The SMILES string of the molecule is CCCCC(CC)CN(CC(CC)CCCC)C(=O)Nc1ccc(C)c(NC(=O)c2n(C)cc[n+]2C)c1. The Labute approximate surface area is 224 Å². The summed E-state index contributed by atoms with van der Waals surface area (Å²) in [7, 11) is 3.70. The van der Waals surface area contributed by atoms with Crippen LogP contribution in [0, 0.1) is 18.8 Å². The molecule has 1 aromatic heterocycles. The molecule has 206 valence electrons. The van der Waals surface area contributed by atoms with Gasteiger partial charge in [-0.1, -0.05) is 72.3 Å². The van der Waals surface area contributed by atoms with Crippen LogP contribution in [-0.4, -0.2) is 34.5 Å². The van der Waals surface area contributed by atoms with Crippen molar-refractivity contribution in [1.29, 1.82) is 0 Å². The van der Waals surface area contributed by atoms with Crippen molar-refractivity contribution in [3.8, 4) is 0 Å². The molecule has 0 bridgehead atoms. The summed E-state index contributed by atoms with van der Waals surface area (Å²) < 4.78 is 3.58. The molecule has 7 nitrogen and oxygen atoms in total. The zero-order valence-corrected chi connectivity index (χ0v) is 24.3. The molecule has 7 heteroatoms. The lowest BCUT2D eigenvalue weighted by molar-refractivity contribution is -0.672. The first-order chi connectivity index (χ1) is 17.7. The van der Waals surface area contributed by atoms with Gasteiger partial charge in [-0.3, -0.25) is 4.79 Å². The van der Waals surface area contributed by atoms with Gasteiger partial charge in [-0.2, -0.15) is 0 Å². The van der Waals surface area contributed by atoms with E-state index in [0.717, 1.165) is 44.3 Å². The first kappa shape index (κ1) is 30.4. The van der Waals surface area contributed by atoms with Gasteiger partial charge in [-0.25, -0.2) is 13.9 Å². The van der Waals surface area contributed by atoms with E-state index in [1.807, 2.05) is 56.5 Å². The minimum absolute atomic E-state index is 0.0557. The number of carbonyl (C=O) groups is 2. The number of anilines is 2. The van der Waals surface area contributed by atoms with Gasteiger partial charge in [0.25, 0.3) is 0 Å². The Bertz CT molecular complexity index is 962. The van der Waals surface area contributed by atoms with Crippen molar-refractivity contribution in [3.63, 3.8) is 0 Å². The molecule has 2 unspecified atom stereocenters. The minimum atomic E-state index is -0.188. The summed E-state index contributed by atoms with van der Waals surface area (Å²) in [4.78, 5) is 28.6. The molecular formula is C30H50N5O2+. The van der Waals surface area contributed by atoms with Gasteiger partial charge in [0, 0.05) is 24.5 Å². The van der Waals surface area contributed by atoms with Gasteiger partial charge in [-0.05, 0) is 49.3 Å². The molecule has 0 radical (unpaired) electrons. The lowest BCUT2D eigenvalue weighted by Crippen LogP contribution is -2.41. The Kier molecular flexibility index (Phi) is 12.7. The highest BCUT2D eigenvalue weighted by molar-refractivity contribution is 6.02. The maximum Gasteiger partial charge on any atom is 0.347 e. The van der Waals surface area contributed by atoms with Gasteiger partial charge in [0.05, 0.1) is 14.1 Å². The lowest BCUT2D eigenvalue weighted by atomic mass is 9.96. The standard InChI is InChI=1S/C30H49N5O2/c1-8-12-14-24(10-3)21-35(22-25(11-4)15-13-9-2)30(37)31-26-17-16-23(5)27(20-26)32-28(36)29-33(6)18-19-34(29)7/h16-20,24-25H,8-15,21-22H2,1-7H3,(H-,31,32,36,37)/p+1. The van der Waals surface area contributed by atoms with Crippen LogP contribution in [0.1, 0.15) is 95.2 Å². The maximum absolute atomic E-state index is 13.6. The van der Waals surface area contributed by atoms with E-state index in [1.165, 1.54) is 25.7 Å². The van der Waals surface area contributed by atoms with Crippen molar-refractivity contribution in [2.75, 3.05) is 23.7 Å². The number of benzene rings is 1. The Morgan fingerprint density at radius 3 is 2.05 bits per heavy atom. The van der Waals surface area contributed by atoms with Gasteiger partial charge < -0.3 is 15.5 Å². The molecule has 1 heterocycles. The third kappa shape index (κ3) is 9.20. The Morgan fingerprint density at radius 2 is 1.57 bits per heavy atom. The molecule has 0 aliphatic rings. The Hall–Kier alpha value is -2.83. The van der Waals surface area contributed by atoms with E-state index in [0.29, 0.717) is 29.0 Å². The molecule has 2 N–H and O–H groups in total. The number of hydrogen-bond acceptors (Lipinski definition) is 2. The number of unbranched alkanes of at least 4 members (excludes halogenated alkanes) is 2. The molecule has 2 atom stereocenters. The second kappa shape index (κ2) is 15.4. The summed E-state index contributed by atoms with van der Waals surface area (Å²) in [5.74, 6) is 1.38. The Morgan fingerprint density at radius 1 is 0.973 bits per heavy atom. The predicted molar refractivity (Wildman–Crippen MR) is 153 cm³/mol. The van der Waals surface area contributed by atoms with Crippen molar-refractivity contribution in [3.05, 3.63) is 42.0 Å². The van der Waals surface area contributed by atoms with E-state index in [-0.39, 0.29) is 11.9 Å². The molecule has 0 aliphatic carbocycles. The zero-order chi connectivity index (χ0) is 27.4. The molecule has 2 aromatic rings. The third-order valence-electron chi connectivity index (χ3n) is 7.45. The molecule has 1 aromatic carbocycles. The van der Waals surface area contributed by atoms with Crippen LogP contribution in [0.4, 0.5) is 16.2 Å². The fourth-order valence-corrected chi connectivity index (χ4v) is 4.82. The molecule has 3 amide bonds. The topological polar surface area (TPSA) is 70.2 Å². The Balaban J connectivity index is 2.20. The summed E-state index contributed by atoms with van der Waals surface area (Å²) >= 11 is 0. The highest BCUT2D eigenvalue weighted by atomic mass is 16.2. The lowest BCUT2D eigenvalue weighted by Gasteiger charge is -2.31. The fourth-order valence-electron chi connectivity index (χ4n) is 4.82. The number of imidazole rings is 1. The van der Waals surface area contributed by atoms with Crippen molar-refractivity contribution < 1.29 is 14.2 Å². The normalized spacial score (nSPS) is 12.7. The average Bonchev–Trinajstić information content (AvgIpc) is 3.22. The van der Waals surface area contributed by atoms with Crippen molar-refractivity contribution in [2.24, 2.45) is 25.9 Å². The van der Waals surface area contributed by atoms with E-state index in [4.69, 9.17) is 0 Å². The van der Waals surface area contributed by atoms with Gasteiger partial charge in [0.1, 0.15) is 12.4 Å². The van der Waals surface area contributed by atoms with E-state index >= 15 is 0 Å². The van der Waals surface area contributed by atoms with Crippen LogP contribution in [0.2, 0.25) is 0 Å². The highest BCUT2D eigenvalue weighted by Gasteiger charge is 2.24. The van der Waals surface area contributed by atoms with Gasteiger partial charge >= 0.3 is 17.8 Å². The van der Waals surface area contributed by atoms with Crippen LogP contribution < -0.4 is 15.2 Å². The number of carbonyl (C=O) groups excluding carboxylic acids is 2. The first-order valence-electron chi connectivity index (χ1n) is 14.2. The van der Waals surface area contributed by atoms with E-state index in [1.54, 1.807) is 9.13 Å². The molecule has 2 rings (SSSR count). The average molecular weight is 513 g/mol. The van der Waals surface area contributed by atoms with Crippen molar-refractivity contribution in [2.45, 2.75) is 86.0 Å². The number of nitrogens with one attached hydrogen (secondary N) is 2. The largest absolute Gasteiger partial charge is 0.347 e. The van der Waals surface area contributed by atoms with Crippen LogP contribution in [0.3, 0.4) is 0 Å². The predicted octanol–water partition coefficient (Wildman–Crippen LogP) is 6.68. The summed E-state index contributed by atoms with van der Waals surface area (Å²) in [6.45, 7) is 12.4. The molecule has 37 heavy (non-hydrogen) atoms. The second-order valence-electron chi connectivity index (χ2n) is 10.5. The second-order valence-corrected chi connectivity index (χ2v) is 10.5. The molecule has 0 fully saturated rings. The van der Waals surface area contributed by atoms with Gasteiger partial charge in [0.15, 0.2) is 0 Å². The first-order valence-corrected chi connectivity index (χ1v) is 14.2. The fraction of sp³-hybridized carbons (Fsp3) is 0.633. The molecule has 0 saturated carbocycles. The smallest absolute Gasteiger partial charge is 0.324 e. The van der Waals surface area contributed by atoms with E-state index < -0.39 is 0 Å². The van der Waals surface area contributed by atoms with Crippen LogP contribution in [0.25, 0.3) is 0 Å². The van der Waals surface area contributed by atoms with Crippen LogP contribution in [0.5, 0.6) is 0 Å². The number of aromatic nitrogens is 2. The van der Waals surface area contributed by atoms with Crippen LogP contribution in [-0.2, 0) is 14.1 Å². The van der Waals surface area contributed by atoms with Crippen molar-refractivity contribution >= 4 is 23.3 Å².